The minimum Gasteiger partial charge on any atom is -0.493 e. The van der Waals surface area contributed by atoms with Gasteiger partial charge in [0.15, 0.2) is 11.5 Å². The number of methoxy groups -OCH3 is 1. The quantitative estimate of drug-likeness (QED) is 0.807. The number of hydrogen-bond acceptors (Lipinski definition) is 4. The van der Waals surface area contributed by atoms with Crippen molar-refractivity contribution in [2.45, 2.75) is 25.6 Å². The molecule has 1 saturated carbocycles. The van der Waals surface area contributed by atoms with Gasteiger partial charge in [0.1, 0.15) is 0 Å². The maximum atomic E-state index is 6.12. The first kappa shape index (κ1) is 11.5. The number of halogens is 1. The molecular formula is C11H14ClNO3. The average molecular weight is 244 g/mol. The van der Waals surface area contributed by atoms with Crippen LogP contribution in [-0.2, 0) is 11.4 Å². The highest BCUT2D eigenvalue weighted by Crippen LogP contribution is 2.40. The van der Waals surface area contributed by atoms with E-state index in [1.54, 1.807) is 13.2 Å². The van der Waals surface area contributed by atoms with Crippen molar-refractivity contribution in [3.05, 3.63) is 22.7 Å². The third-order valence-corrected chi connectivity index (χ3v) is 2.63. The highest BCUT2D eigenvalue weighted by molar-refractivity contribution is 6.32. The summed E-state index contributed by atoms with van der Waals surface area (Å²) in [7, 11) is 1.58. The monoisotopic (exact) mass is 243 g/mol. The number of nitrogens with two attached hydrogens (primary N) is 1. The maximum absolute atomic E-state index is 6.12. The number of hydrogen-bond donors (Lipinski definition) is 1. The molecule has 0 radical (unpaired) electrons. The van der Waals surface area contributed by atoms with Gasteiger partial charge in [-0.05, 0) is 30.5 Å². The molecule has 1 fully saturated rings. The fraction of sp³-hybridized carbons (Fsp3) is 0.455. The lowest BCUT2D eigenvalue weighted by atomic mass is 10.2. The van der Waals surface area contributed by atoms with Crippen LogP contribution in [0.15, 0.2) is 12.1 Å². The molecular weight excluding hydrogens is 230 g/mol. The van der Waals surface area contributed by atoms with Crippen LogP contribution >= 0.6 is 11.6 Å². The predicted octanol–water partition coefficient (Wildman–Crippen LogP) is 2.28. The van der Waals surface area contributed by atoms with E-state index >= 15 is 0 Å². The molecule has 1 aliphatic rings. The fourth-order valence-corrected chi connectivity index (χ4v) is 1.70. The summed E-state index contributed by atoms with van der Waals surface area (Å²) in [6.45, 7) is 0.291. The van der Waals surface area contributed by atoms with Crippen molar-refractivity contribution >= 4 is 11.6 Å². The van der Waals surface area contributed by atoms with Crippen molar-refractivity contribution in [3.8, 4) is 11.5 Å². The van der Waals surface area contributed by atoms with Crippen LogP contribution in [0.3, 0.4) is 0 Å². The van der Waals surface area contributed by atoms with Crippen molar-refractivity contribution < 1.29 is 14.3 Å². The minimum atomic E-state index is 0.281. The zero-order valence-corrected chi connectivity index (χ0v) is 9.79. The van der Waals surface area contributed by atoms with Crippen molar-refractivity contribution in [2.75, 3.05) is 7.11 Å². The van der Waals surface area contributed by atoms with Gasteiger partial charge in [-0.2, -0.15) is 0 Å². The molecule has 1 aliphatic carbocycles. The van der Waals surface area contributed by atoms with Gasteiger partial charge in [0, 0.05) is 0 Å². The standard InChI is InChI=1S/C11H14ClNO3/c1-14-10-5-7(6-15-13)4-9(12)11(10)16-8-2-3-8/h4-5,8H,2-3,6,13H2,1H3. The molecule has 0 heterocycles. The van der Waals surface area contributed by atoms with Gasteiger partial charge >= 0.3 is 0 Å². The van der Waals surface area contributed by atoms with Crippen LogP contribution in [0, 0.1) is 0 Å². The van der Waals surface area contributed by atoms with Crippen LogP contribution in [0.2, 0.25) is 5.02 Å². The van der Waals surface area contributed by atoms with Gasteiger partial charge < -0.3 is 9.47 Å². The van der Waals surface area contributed by atoms with Gasteiger partial charge in [-0.1, -0.05) is 11.6 Å². The maximum Gasteiger partial charge on any atom is 0.180 e. The lowest BCUT2D eigenvalue weighted by molar-refractivity contribution is 0.124. The highest BCUT2D eigenvalue weighted by atomic mass is 35.5. The smallest absolute Gasteiger partial charge is 0.180 e. The van der Waals surface area contributed by atoms with Crippen LogP contribution in [0.1, 0.15) is 18.4 Å². The summed E-state index contributed by atoms with van der Waals surface area (Å²) in [5.74, 6) is 6.24. The Bertz CT molecular complexity index is 380. The number of benzene rings is 1. The van der Waals surface area contributed by atoms with Crippen LogP contribution in [-0.4, -0.2) is 13.2 Å². The molecule has 4 nitrogen and oxygen atoms in total. The zero-order chi connectivity index (χ0) is 11.5. The van der Waals surface area contributed by atoms with Gasteiger partial charge in [-0.3, -0.25) is 4.84 Å². The van der Waals surface area contributed by atoms with E-state index in [2.05, 4.69) is 4.84 Å². The third kappa shape index (κ3) is 2.58. The Hall–Kier alpha value is -0.970. The minimum absolute atomic E-state index is 0.281. The molecule has 16 heavy (non-hydrogen) atoms. The summed E-state index contributed by atoms with van der Waals surface area (Å²) in [6, 6.07) is 3.59. The Kier molecular flexibility index (Phi) is 3.53. The Morgan fingerprint density at radius 1 is 1.44 bits per heavy atom. The van der Waals surface area contributed by atoms with Crippen molar-refractivity contribution in [1.29, 1.82) is 0 Å². The second-order valence-electron chi connectivity index (χ2n) is 3.74. The third-order valence-electron chi connectivity index (χ3n) is 2.35. The lowest BCUT2D eigenvalue weighted by Gasteiger charge is -2.13. The molecule has 0 atom stereocenters. The normalized spacial score (nSPS) is 14.9. The molecule has 0 aromatic heterocycles. The summed E-state index contributed by atoms with van der Waals surface area (Å²) < 4.78 is 10.9. The molecule has 88 valence electrons. The van der Waals surface area contributed by atoms with Crippen molar-refractivity contribution in [1.82, 2.24) is 0 Å². The Morgan fingerprint density at radius 2 is 2.19 bits per heavy atom. The van der Waals surface area contributed by atoms with Crippen LogP contribution in [0.5, 0.6) is 11.5 Å². The average Bonchev–Trinajstić information content (AvgIpc) is 3.06. The van der Waals surface area contributed by atoms with E-state index in [0.29, 0.717) is 23.1 Å². The SMILES string of the molecule is COc1cc(CON)cc(Cl)c1OC1CC1. The first-order valence-electron chi connectivity index (χ1n) is 5.09. The summed E-state index contributed by atoms with van der Waals surface area (Å²) >= 11 is 6.12. The summed E-state index contributed by atoms with van der Waals surface area (Å²) in [4.78, 5) is 4.56. The van der Waals surface area contributed by atoms with Gasteiger partial charge in [-0.15, -0.1) is 0 Å². The molecule has 0 spiro atoms. The Balaban J connectivity index is 2.26. The number of ether oxygens (including phenoxy) is 2. The molecule has 0 aliphatic heterocycles. The van der Waals surface area contributed by atoms with Crippen molar-refractivity contribution in [2.24, 2.45) is 5.90 Å². The molecule has 0 bridgehead atoms. The summed E-state index contributed by atoms with van der Waals surface area (Å²) in [6.07, 6.45) is 2.43. The highest BCUT2D eigenvalue weighted by Gasteiger charge is 2.26. The largest absolute Gasteiger partial charge is 0.493 e. The van der Waals surface area contributed by atoms with E-state index < -0.39 is 0 Å². The molecule has 2 rings (SSSR count). The molecule has 5 heteroatoms. The van der Waals surface area contributed by atoms with E-state index in [0.717, 1.165) is 18.4 Å². The second kappa shape index (κ2) is 4.91. The molecule has 1 aromatic rings. The van der Waals surface area contributed by atoms with E-state index in [4.69, 9.17) is 27.0 Å². The molecule has 1 aromatic carbocycles. The van der Waals surface area contributed by atoms with Gasteiger partial charge in [0.2, 0.25) is 0 Å². The first-order valence-corrected chi connectivity index (χ1v) is 5.47. The Morgan fingerprint density at radius 3 is 2.75 bits per heavy atom. The van der Waals surface area contributed by atoms with E-state index in [1.165, 1.54) is 0 Å². The van der Waals surface area contributed by atoms with Crippen LogP contribution in [0.25, 0.3) is 0 Å². The second-order valence-corrected chi connectivity index (χ2v) is 4.14. The predicted molar refractivity (Wildman–Crippen MR) is 60.6 cm³/mol. The van der Waals surface area contributed by atoms with Gasteiger partial charge in [-0.25, -0.2) is 5.90 Å². The molecule has 0 unspecified atom stereocenters. The molecule has 2 N–H and O–H groups in total. The van der Waals surface area contributed by atoms with Crippen molar-refractivity contribution in [3.63, 3.8) is 0 Å². The zero-order valence-electron chi connectivity index (χ0n) is 9.03. The fourth-order valence-electron chi connectivity index (χ4n) is 1.42. The summed E-state index contributed by atoms with van der Waals surface area (Å²) in [5, 5.41) is 0.526. The van der Waals surface area contributed by atoms with Crippen LogP contribution < -0.4 is 15.4 Å². The van der Waals surface area contributed by atoms with E-state index in [-0.39, 0.29) is 6.10 Å². The lowest BCUT2D eigenvalue weighted by Crippen LogP contribution is -2.02. The van der Waals surface area contributed by atoms with Crippen LogP contribution in [0.4, 0.5) is 0 Å². The van der Waals surface area contributed by atoms with E-state index in [9.17, 15) is 0 Å². The van der Waals surface area contributed by atoms with Gasteiger partial charge in [0.05, 0.1) is 24.8 Å². The molecule has 0 saturated heterocycles. The Labute approximate surface area is 99.2 Å². The van der Waals surface area contributed by atoms with E-state index in [1.807, 2.05) is 6.07 Å². The molecule has 0 amide bonds. The van der Waals surface area contributed by atoms with Gasteiger partial charge in [0.25, 0.3) is 0 Å². The number of rotatable bonds is 5. The first-order chi connectivity index (χ1) is 7.74. The summed E-state index contributed by atoms with van der Waals surface area (Å²) in [5.41, 5.74) is 0.854. The topological polar surface area (TPSA) is 53.7 Å².